The van der Waals surface area contributed by atoms with E-state index in [1.54, 1.807) is 65.5 Å². The van der Waals surface area contributed by atoms with Crippen LogP contribution in [0.1, 0.15) is 26.3 Å². The molecule has 1 N–H and O–H groups in total. The fourth-order valence-electron chi connectivity index (χ4n) is 3.05. The van der Waals surface area contributed by atoms with Crippen LogP contribution in [0.15, 0.2) is 78.8 Å². The van der Waals surface area contributed by atoms with E-state index in [4.69, 9.17) is 11.6 Å². The molecule has 0 radical (unpaired) electrons. The smallest absolute Gasteiger partial charge is 0.286 e. The average Bonchev–Trinajstić information content (AvgIpc) is 2.69. The zero-order chi connectivity index (χ0) is 19.0. The van der Waals surface area contributed by atoms with E-state index in [9.17, 15) is 9.59 Å². The number of hydrogen-bond donors (Lipinski definition) is 1. The van der Waals surface area contributed by atoms with Gasteiger partial charge in [0.2, 0.25) is 5.78 Å². The molecule has 1 aliphatic rings. The monoisotopic (exact) mass is 375 g/mol. The van der Waals surface area contributed by atoms with E-state index >= 15 is 0 Å². The minimum absolute atomic E-state index is 0.199. The number of carbonyl (C=O) groups excluding carboxylic acids is 2. The predicted octanol–water partition coefficient (Wildman–Crippen LogP) is 4.30. The van der Waals surface area contributed by atoms with Gasteiger partial charge < -0.3 is 5.32 Å². The number of aryl methyl sites for hydroxylation is 1. The largest absolute Gasteiger partial charge is 0.347 e. The van der Waals surface area contributed by atoms with E-state index in [1.807, 2.05) is 19.1 Å². The van der Waals surface area contributed by atoms with Gasteiger partial charge in [-0.25, -0.2) is 0 Å². The van der Waals surface area contributed by atoms with Gasteiger partial charge in [-0.2, -0.15) is 4.57 Å². The van der Waals surface area contributed by atoms with E-state index < -0.39 is 0 Å². The molecule has 0 saturated carbocycles. The van der Waals surface area contributed by atoms with E-state index in [2.05, 4.69) is 5.32 Å². The van der Waals surface area contributed by atoms with Crippen molar-refractivity contribution in [3.63, 3.8) is 0 Å². The first-order valence-corrected chi connectivity index (χ1v) is 8.86. The zero-order valence-corrected chi connectivity index (χ0v) is 15.3. The number of halogens is 1. The number of aromatic nitrogens is 1. The maximum Gasteiger partial charge on any atom is 0.286 e. The van der Waals surface area contributed by atoms with Gasteiger partial charge in [-0.05, 0) is 36.8 Å². The number of fused-ring (bicyclic) bond motifs is 1. The van der Waals surface area contributed by atoms with Gasteiger partial charge in [0, 0.05) is 34.0 Å². The first kappa shape index (κ1) is 17.2. The number of allylic oxidation sites excluding steroid dienone is 2. The quantitative estimate of drug-likeness (QED) is 0.694. The topological polar surface area (TPSA) is 50.1 Å². The first-order chi connectivity index (χ1) is 13.0. The van der Waals surface area contributed by atoms with Crippen LogP contribution in [0.3, 0.4) is 0 Å². The Morgan fingerprint density at radius 3 is 2.04 bits per heavy atom. The van der Waals surface area contributed by atoms with E-state index in [1.165, 1.54) is 0 Å². The predicted molar refractivity (Wildman–Crippen MR) is 105 cm³/mol. The summed E-state index contributed by atoms with van der Waals surface area (Å²) in [5, 5.41) is 3.72. The summed E-state index contributed by atoms with van der Waals surface area (Å²) in [6.07, 6.45) is 3.57. The second-order valence-electron chi connectivity index (χ2n) is 6.34. The van der Waals surface area contributed by atoms with Crippen LogP contribution >= 0.6 is 11.6 Å². The number of benzene rings is 2. The Bertz CT molecular complexity index is 1080. The number of Topliss-reactive ketones (excluding diaryl/α,β-unsaturated/α-hetero) is 2. The van der Waals surface area contributed by atoms with Crippen molar-refractivity contribution in [2.75, 3.05) is 5.32 Å². The molecule has 0 saturated heterocycles. The summed E-state index contributed by atoms with van der Waals surface area (Å²) in [4.78, 5) is 26.4. The Morgan fingerprint density at radius 2 is 1.41 bits per heavy atom. The minimum atomic E-state index is -0.219. The Kier molecular flexibility index (Phi) is 4.34. The van der Waals surface area contributed by atoms with Crippen LogP contribution in [0.4, 0.5) is 5.69 Å². The number of rotatable bonds is 3. The van der Waals surface area contributed by atoms with Gasteiger partial charge in [0.05, 0.1) is 0 Å². The lowest BCUT2D eigenvalue weighted by atomic mass is 9.90. The molecule has 0 fully saturated rings. The Morgan fingerprint density at radius 1 is 0.815 bits per heavy atom. The van der Waals surface area contributed by atoms with Crippen molar-refractivity contribution in [1.29, 1.82) is 0 Å². The lowest BCUT2D eigenvalue weighted by Crippen LogP contribution is -2.42. The number of pyridine rings is 1. The third-order valence-corrected chi connectivity index (χ3v) is 4.72. The molecule has 4 rings (SSSR count). The highest BCUT2D eigenvalue weighted by atomic mass is 35.5. The molecular formula is C22H16ClN2O2+. The molecule has 3 aromatic rings. The number of hydrogen-bond acceptors (Lipinski definition) is 3. The third-order valence-electron chi connectivity index (χ3n) is 4.46. The maximum absolute atomic E-state index is 13.2. The zero-order valence-electron chi connectivity index (χ0n) is 14.6. The Balaban J connectivity index is 1.90. The Labute approximate surface area is 161 Å². The highest BCUT2D eigenvalue weighted by Gasteiger charge is 2.38. The fourth-order valence-corrected chi connectivity index (χ4v) is 3.18. The van der Waals surface area contributed by atoms with Crippen molar-refractivity contribution >= 4 is 34.6 Å². The molecule has 0 bridgehead atoms. The second-order valence-corrected chi connectivity index (χ2v) is 6.78. The molecule has 132 valence electrons. The molecule has 27 heavy (non-hydrogen) atoms. The number of carbonyl (C=O) groups is 2. The Hall–Kier alpha value is -3.24. The van der Waals surface area contributed by atoms with Crippen LogP contribution in [0, 0.1) is 6.92 Å². The van der Waals surface area contributed by atoms with Crippen molar-refractivity contribution in [3.8, 4) is 0 Å². The SMILES string of the molecule is Cc1cc[n+](C2=C(Nc3ccc(Cl)cc3)C(=O)c3ccccc3C2=O)cc1. The molecule has 1 heterocycles. The summed E-state index contributed by atoms with van der Waals surface area (Å²) in [5.74, 6) is -0.418. The maximum atomic E-state index is 13.2. The van der Waals surface area contributed by atoms with Gasteiger partial charge >= 0.3 is 0 Å². The second kappa shape index (κ2) is 6.82. The molecule has 5 heteroatoms. The van der Waals surface area contributed by atoms with E-state index in [-0.39, 0.29) is 17.3 Å². The minimum Gasteiger partial charge on any atom is -0.347 e. The molecular weight excluding hydrogens is 360 g/mol. The van der Waals surface area contributed by atoms with Crippen molar-refractivity contribution in [3.05, 3.63) is 100 Å². The molecule has 0 unspecified atom stereocenters. The van der Waals surface area contributed by atoms with Crippen molar-refractivity contribution in [2.45, 2.75) is 6.92 Å². The highest BCUT2D eigenvalue weighted by molar-refractivity contribution is 6.36. The van der Waals surface area contributed by atoms with Gasteiger partial charge in [-0.1, -0.05) is 35.9 Å². The van der Waals surface area contributed by atoms with Crippen LogP contribution in [-0.4, -0.2) is 11.6 Å². The fraction of sp³-hybridized carbons (Fsp3) is 0.0455. The summed E-state index contributed by atoms with van der Waals surface area (Å²) in [7, 11) is 0. The molecule has 4 nitrogen and oxygen atoms in total. The number of anilines is 1. The molecule has 1 aliphatic carbocycles. The first-order valence-electron chi connectivity index (χ1n) is 8.48. The lowest BCUT2D eigenvalue weighted by Gasteiger charge is -2.18. The summed E-state index contributed by atoms with van der Waals surface area (Å²) in [6, 6.07) is 17.7. The van der Waals surface area contributed by atoms with Crippen molar-refractivity contribution < 1.29 is 14.2 Å². The van der Waals surface area contributed by atoms with Crippen LogP contribution in [0.5, 0.6) is 0 Å². The standard InChI is InChI=1S/C22H15ClN2O2/c1-14-10-12-25(13-11-14)20-19(24-16-8-6-15(23)7-9-16)21(26)17-4-2-3-5-18(17)22(20)27/h2-13H,1H3/p+1. The third kappa shape index (κ3) is 3.15. The summed E-state index contributed by atoms with van der Waals surface area (Å²) >= 11 is 5.95. The number of nitrogens with zero attached hydrogens (tertiary/aromatic N) is 1. The van der Waals surface area contributed by atoms with Crippen LogP contribution in [0.2, 0.25) is 5.02 Å². The van der Waals surface area contributed by atoms with E-state index in [0.29, 0.717) is 27.5 Å². The van der Waals surface area contributed by atoms with Gasteiger partial charge in [0.1, 0.15) is 0 Å². The summed E-state index contributed by atoms with van der Waals surface area (Å²) < 4.78 is 1.68. The lowest BCUT2D eigenvalue weighted by molar-refractivity contribution is -0.577. The normalized spacial score (nSPS) is 13.6. The molecule has 0 spiro atoms. The molecule has 0 amide bonds. The number of nitrogens with one attached hydrogen (secondary N) is 1. The molecule has 0 atom stereocenters. The summed E-state index contributed by atoms with van der Waals surface area (Å²) in [5.41, 5.74) is 3.10. The van der Waals surface area contributed by atoms with Gasteiger partial charge in [-0.15, -0.1) is 0 Å². The van der Waals surface area contributed by atoms with Crippen molar-refractivity contribution in [1.82, 2.24) is 0 Å². The van der Waals surface area contributed by atoms with Crippen LogP contribution < -0.4 is 9.88 Å². The van der Waals surface area contributed by atoms with Crippen molar-refractivity contribution in [2.24, 2.45) is 0 Å². The van der Waals surface area contributed by atoms with E-state index in [0.717, 1.165) is 5.56 Å². The molecule has 0 aliphatic heterocycles. The van der Waals surface area contributed by atoms with Gasteiger partial charge in [0.25, 0.3) is 11.5 Å². The van der Waals surface area contributed by atoms with Gasteiger partial charge in [0.15, 0.2) is 18.1 Å². The van der Waals surface area contributed by atoms with Gasteiger partial charge in [-0.3, -0.25) is 9.59 Å². The highest BCUT2D eigenvalue weighted by Crippen LogP contribution is 2.28. The van der Waals surface area contributed by atoms with Crippen LogP contribution in [-0.2, 0) is 0 Å². The number of ketones is 2. The van der Waals surface area contributed by atoms with Crippen LogP contribution in [0.25, 0.3) is 5.70 Å². The molecule has 2 aromatic carbocycles. The molecule has 1 aromatic heterocycles. The summed E-state index contributed by atoms with van der Waals surface area (Å²) in [6.45, 7) is 1.97. The average molecular weight is 376 g/mol.